The standard InChI is InChI=1S/C17H14ClN3O3/c18-15-7-13(4-3-11(15)8-19)20-17(23)12-6-16(22)21(9-12)10-14-2-1-5-24-14/h1-5,7,12H,6,9-10H2,(H,20,23). The lowest BCUT2D eigenvalue weighted by molar-refractivity contribution is -0.128. The van der Waals surface area contributed by atoms with Crippen LogP contribution in [-0.2, 0) is 16.1 Å². The average Bonchev–Trinajstić information content (AvgIpc) is 3.18. The maximum Gasteiger partial charge on any atom is 0.229 e. The molecule has 1 aromatic carbocycles. The lowest BCUT2D eigenvalue weighted by Crippen LogP contribution is -2.27. The molecule has 1 N–H and O–H groups in total. The van der Waals surface area contributed by atoms with Crippen molar-refractivity contribution in [2.75, 3.05) is 11.9 Å². The summed E-state index contributed by atoms with van der Waals surface area (Å²) in [5.41, 5.74) is 0.844. The third kappa shape index (κ3) is 3.42. The van der Waals surface area contributed by atoms with E-state index in [0.717, 1.165) is 0 Å². The Morgan fingerprint density at radius 2 is 2.29 bits per heavy atom. The van der Waals surface area contributed by atoms with Crippen LogP contribution in [0.25, 0.3) is 0 Å². The third-order valence-corrected chi connectivity index (χ3v) is 4.18. The molecule has 0 bridgehead atoms. The number of hydrogen-bond donors (Lipinski definition) is 1. The van der Waals surface area contributed by atoms with E-state index in [0.29, 0.717) is 30.1 Å². The summed E-state index contributed by atoms with van der Waals surface area (Å²) < 4.78 is 5.23. The zero-order chi connectivity index (χ0) is 17.1. The van der Waals surface area contributed by atoms with E-state index < -0.39 is 5.92 Å². The first-order chi connectivity index (χ1) is 11.6. The third-order valence-electron chi connectivity index (χ3n) is 3.87. The van der Waals surface area contributed by atoms with Crippen LogP contribution < -0.4 is 5.32 Å². The van der Waals surface area contributed by atoms with Crippen LogP contribution in [0.1, 0.15) is 17.7 Å². The van der Waals surface area contributed by atoms with Crippen LogP contribution in [0.4, 0.5) is 5.69 Å². The molecular weight excluding hydrogens is 330 g/mol. The van der Waals surface area contributed by atoms with Crippen molar-refractivity contribution in [1.29, 1.82) is 5.26 Å². The van der Waals surface area contributed by atoms with E-state index in [9.17, 15) is 9.59 Å². The summed E-state index contributed by atoms with van der Waals surface area (Å²) in [5.74, 6) is -0.0688. The minimum absolute atomic E-state index is 0.0792. The van der Waals surface area contributed by atoms with Gasteiger partial charge in [-0.05, 0) is 30.3 Å². The summed E-state index contributed by atoms with van der Waals surface area (Å²) in [6.45, 7) is 0.702. The maximum atomic E-state index is 12.4. The van der Waals surface area contributed by atoms with Gasteiger partial charge in [-0.2, -0.15) is 5.26 Å². The van der Waals surface area contributed by atoms with E-state index >= 15 is 0 Å². The second kappa shape index (κ2) is 6.77. The van der Waals surface area contributed by atoms with Crippen molar-refractivity contribution in [2.45, 2.75) is 13.0 Å². The lowest BCUT2D eigenvalue weighted by atomic mass is 10.1. The van der Waals surface area contributed by atoms with Gasteiger partial charge in [-0.3, -0.25) is 9.59 Å². The Kier molecular flexibility index (Phi) is 4.54. The molecule has 2 amide bonds. The number of halogens is 1. The number of benzene rings is 1. The van der Waals surface area contributed by atoms with Gasteiger partial charge in [0.05, 0.1) is 29.3 Å². The van der Waals surface area contributed by atoms with E-state index in [-0.39, 0.29) is 23.3 Å². The van der Waals surface area contributed by atoms with Crippen molar-refractivity contribution in [3.05, 3.63) is 52.9 Å². The number of anilines is 1. The molecule has 1 atom stereocenters. The van der Waals surface area contributed by atoms with Crippen molar-refractivity contribution in [1.82, 2.24) is 4.90 Å². The highest BCUT2D eigenvalue weighted by molar-refractivity contribution is 6.32. The number of carbonyl (C=O) groups excluding carboxylic acids is 2. The van der Waals surface area contributed by atoms with Gasteiger partial charge in [0.15, 0.2) is 0 Å². The molecule has 2 aromatic rings. The Labute approximate surface area is 143 Å². The number of hydrogen-bond acceptors (Lipinski definition) is 4. The molecule has 1 unspecified atom stereocenters. The Hall–Kier alpha value is -2.78. The molecule has 0 spiro atoms. The van der Waals surface area contributed by atoms with Crippen molar-refractivity contribution in [3.63, 3.8) is 0 Å². The second-order valence-corrected chi connectivity index (χ2v) is 5.96. The summed E-state index contributed by atoms with van der Waals surface area (Å²) in [6, 6.07) is 10.2. The van der Waals surface area contributed by atoms with Gasteiger partial charge < -0.3 is 14.6 Å². The van der Waals surface area contributed by atoms with Crippen molar-refractivity contribution in [3.8, 4) is 6.07 Å². The quantitative estimate of drug-likeness (QED) is 0.924. The molecule has 0 radical (unpaired) electrons. The van der Waals surface area contributed by atoms with E-state index in [4.69, 9.17) is 21.3 Å². The summed E-state index contributed by atoms with van der Waals surface area (Å²) >= 11 is 5.95. The van der Waals surface area contributed by atoms with Crippen molar-refractivity contribution in [2.24, 2.45) is 5.92 Å². The summed E-state index contributed by atoms with van der Waals surface area (Å²) in [4.78, 5) is 26.0. The van der Waals surface area contributed by atoms with Crippen LogP contribution in [0.5, 0.6) is 0 Å². The number of nitrogens with zero attached hydrogens (tertiary/aromatic N) is 2. The molecular formula is C17H14ClN3O3. The molecule has 7 heteroatoms. The Morgan fingerprint density at radius 1 is 1.46 bits per heavy atom. The summed E-state index contributed by atoms with van der Waals surface area (Å²) in [6.07, 6.45) is 1.71. The van der Waals surface area contributed by atoms with Crippen molar-refractivity contribution >= 4 is 29.1 Å². The molecule has 1 aliphatic rings. The number of rotatable bonds is 4. The van der Waals surface area contributed by atoms with Gasteiger partial charge in [0.2, 0.25) is 11.8 Å². The number of amides is 2. The van der Waals surface area contributed by atoms with Crippen LogP contribution in [-0.4, -0.2) is 23.3 Å². The van der Waals surface area contributed by atoms with Crippen LogP contribution in [0.2, 0.25) is 5.02 Å². The fraction of sp³-hybridized carbons (Fsp3) is 0.235. The number of nitrogens with one attached hydrogen (secondary N) is 1. The molecule has 122 valence electrons. The number of likely N-dealkylation sites (tertiary alicyclic amines) is 1. The molecule has 0 saturated carbocycles. The first-order valence-electron chi connectivity index (χ1n) is 7.37. The molecule has 24 heavy (non-hydrogen) atoms. The van der Waals surface area contributed by atoms with Gasteiger partial charge in [-0.25, -0.2) is 0 Å². The highest BCUT2D eigenvalue weighted by Crippen LogP contribution is 2.24. The molecule has 1 fully saturated rings. The summed E-state index contributed by atoms with van der Waals surface area (Å²) in [5, 5.41) is 11.9. The Morgan fingerprint density at radius 3 is 2.96 bits per heavy atom. The van der Waals surface area contributed by atoms with Gasteiger partial charge >= 0.3 is 0 Å². The van der Waals surface area contributed by atoms with Gasteiger partial charge in [0.1, 0.15) is 11.8 Å². The van der Waals surface area contributed by atoms with Crippen LogP contribution in [0, 0.1) is 17.2 Å². The van der Waals surface area contributed by atoms with Gasteiger partial charge in [-0.1, -0.05) is 11.6 Å². The monoisotopic (exact) mass is 343 g/mol. The second-order valence-electron chi connectivity index (χ2n) is 5.55. The first-order valence-corrected chi connectivity index (χ1v) is 7.75. The normalized spacial score (nSPS) is 16.9. The Balaban J connectivity index is 1.63. The van der Waals surface area contributed by atoms with Gasteiger partial charge in [0.25, 0.3) is 0 Å². The fourth-order valence-electron chi connectivity index (χ4n) is 2.62. The maximum absolute atomic E-state index is 12.4. The molecule has 0 aliphatic carbocycles. The highest BCUT2D eigenvalue weighted by atomic mass is 35.5. The fourth-order valence-corrected chi connectivity index (χ4v) is 2.84. The molecule has 1 aromatic heterocycles. The SMILES string of the molecule is N#Cc1ccc(NC(=O)C2CC(=O)N(Cc3ccco3)C2)cc1Cl. The smallest absolute Gasteiger partial charge is 0.229 e. The average molecular weight is 344 g/mol. The van der Waals surface area contributed by atoms with E-state index in [1.807, 2.05) is 6.07 Å². The topological polar surface area (TPSA) is 86.3 Å². The summed E-state index contributed by atoms with van der Waals surface area (Å²) in [7, 11) is 0. The zero-order valence-electron chi connectivity index (χ0n) is 12.7. The first kappa shape index (κ1) is 16.1. The minimum atomic E-state index is -0.429. The van der Waals surface area contributed by atoms with Crippen LogP contribution in [0.15, 0.2) is 41.0 Å². The molecule has 1 saturated heterocycles. The number of furan rings is 1. The lowest BCUT2D eigenvalue weighted by Gasteiger charge is -2.15. The number of carbonyl (C=O) groups is 2. The largest absolute Gasteiger partial charge is 0.467 e. The molecule has 6 nitrogen and oxygen atoms in total. The van der Waals surface area contributed by atoms with Gasteiger partial charge in [0, 0.05) is 18.7 Å². The predicted molar refractivity (Wildman–Crippen MR) is 87.0 cm³/mol. The van der Waals surface area contributed by atoms with Crippen molar-refractivity contribution < 1.29 is 14.0 Å². The Bertz CT molecular complexity index is 811. The van der Waals surface area contributed by atoms with E-state index in [2.05, 4.69) is 5.32 Å². The number of nitriles is 1. The predicted octanol–water partition coefficient (Wildman–Crippen LogP) is 2.79. The van der Waals surface area contributed by atoms with E-state index in [1.165, 1.54) is 6.07 Å². The van der Waals surface area contributed by atoms with Crippen LogP contribution >= 0.6 is 11.6 Å². The molecule has 2 heterocycles. The van der Waals surface area contributed by atoms with Gasteiger partial charge in [-0.15, -0.1) is 0 Å². The minimum Gasteiger partial charge on any atom is -0.467 e. The highest BCUT2D eigenvalue weighted by Gasteiger charge is 2.34. The molecule has 1 aliphatic heterocycles. The van der Waals surface area contributed by atoms with Crippen LogP contribution in [0.3, 0.4) is 0 Å². The van der Waals surface area contributed by atoms with E-state index in [1.54, 1.807) is 35.4 Å². The zero-order valence-corrected chi connectivity index (χ0v) is 13.4. The molecule has 3 rings (SSSR count).